The molecule has 2 rings (SSSR count). The first-order chi connectivity index (χ1) is 10.1. The van der Waals surface area contributed by atoms with E-state index in [1.165, 1.54) is 6.07 Å². The highest BCUT2D eigenvalue weighted by Crippen LogP contribution is 2.39. The molecule has 0 saturated carbocycles. The normalized spacial score (nSPS) is 15.0. The van der Waals surface area contributed by atoms with Crippen molar-refractivity contribution in [2.24, 2.45) is 5.41 Å². The lowest BCUT2D eigenvalue weighted by molar-refractivity contribution is -0.137. The third-order valence-corrected chi connectivity index (χ3v) is 4.03. The predicted molar refractivity (Wildman–Crippen MR) is 76.5 cm³/mol. The van der Waals surface area contributed by atoms with Gasteiger partial charge in [0.15, 0.2) is 0 Å². The van der Waals surface area contributed by atoms with E-state index in [9.17, 15) is 23.0 Å². The summed E-state index contributed by atoms with van der Waals surface area (Å²) in [4.78, 5) is 12.1. The van der Waals surface area contributed by atoms with Crippen molar-refractivity contribution in [1.29, 1.82) is 0 Å². The molecular weight excluding hydrogens is 298 g/mol. The maximum atomic E-state index is 13.4. The van der Waals surface area contributed by atoms with Gasteiger partial charge in [-0.25, -0.2) is 0 Å². The molecule has 120 valence electrons. The molecule has 0 saturated heterocycles. The average molecular weight is 315 g/mol. The lowest BCUT2D eigenvalue weighted by atomic mass is 9.78. The second-order valence-electron chi connectivity index (χ2n) is 5.91. The quantitative estimate of drug-likeness (QED) is 0.842. The SMILES string of the molecule is CCC(C)(C)C(=O)Nc1ccc2c(c1C(F)(F)F)COB2O. The van der Waals surface area contributed by atoms with Crippen LogP contribution in [0.3, 0.4) is 0 Å². The van der Waals surface area contributed by atoms with Crippen molar-refractivity contribution < 1.29 is 27.6 Å². The Morgan fingerprint density at radius 3 is 2.59 bits per heavy atom. The maximum Gasteiger partial charge on any atom is 0.491 e. The summed E-state index contributed by atoms with van der Waals surface area (Å²) >= 11 is 0. The van der Waals surface area contributed by atoms with Gasteiger partial charge in [-0.05, 0) is 23.5 Å². The first-order valence-corrected chi connectivity index (χ1v) is 6.92. The van der Waals surface area contributed by atoms with Crippen molar-refractivity contribution in [3.63, 3.8) is 0 Å². The molecule has 2 N–H and O–H groups in total. The fraction of sp³-hybridized carbons (Fsp3) is 0.500. The zero-order chi connectivity index (χ0) is 16.7. The lowest BCUT2D eigenvalue weighted by Gasteiger charge is -2.24. The van der Waals surface area contributed by atoms with Gasteiger partial charge >= 0.3 is 13.3 Å². The molecule has 4 nitrogen and oxygen atoms in total. The summed E-state index contributed by atoms with van der Waals surface area (Å²) in [5.74, 6) is -0.486. The van der Waals surface area contributed by atoms with E-state index in [1.807, 2.05) is 0 Å². The molecule has 0 aromatic heterocycles. The van der Waals surface area contributed by atoms with E-state index in [0.29, 0.717) is 6.42 Å². The monoisotopic (exact) mass is 315 g/mol. The summed E-state index contributed by atoms with van der Waals surface area (Å²) in [5.41, 5.74) is -2.10. The number of amides is 1. The van der Waals surface area contributed by atoms with Gasteiger partial charge in [0.05, 0.1) is 17.9 Å². The smallest absolute Gasteiger partial charge is 0.423 e. The van der Waals surface area contributed by atoms with Crippen LogP contribution < -0.4 is 10.8 Å². The molecule has 1 aliphatic heterocycles. The van der Waals surface area contributed by atoms with Gasteiger partial charge in [-0.1, -0.05) is 26.8 Å². The van der Waals surface area contributed by atoms with Gasteiger partial charge in [0, 0.05) is 5.41 Å². The van der Waals surface area contributed by atoms with Gasteiger partial charge in [-0.15, -0.1) is 0 Å². The number of rotatable bonds is 3. The van der Waals surface area contributed by atoms with Crippen molar-refractivity contribution in [3.05, 3.63) is 23.3 Å². The molecule has 0 fully saturated rings. The number of fused-ring (bicyclic) bond motifs is 1. The Hall–Kier alpha value is -1.54. The number of nitrogens with one attached hydrogen (secondary N) is 1. The van der Waals surface area contributed by atoms with Gasteiger partial charge < -0.3 is 15.0 Å². The Morgan fingerprint density at radius 1 is 1.41 bits per heavy atom. The predicted octanol–water partition coefficient (Wildman–Crippen LogP) is 2.30. The first-order valence-electron chi connectivity index (χ1n) is 6.92. The zero-order valence-electron chi connectivity index (χ0n) is 12.5. The number of benzene rings is 1. The fourth-order valence-electron chi connectivity index (χ4n) is 2.18. The van der Waals surface area contributed by atoms with E-state index < -0.39 is 30.2 Å². The molecule has 0 unspecified atom stereocenters. The highest BCUT2D eigenvalue weighted by atomic mass is 19.4. The molecule has 0 bridgehead atoms. The number of carbonyl (C=O) groups excluding carboxylic acids is 1. The Bertz CT molecular complexity index is 602. The molecule has 1 amide bonds. The highest BCUT2D eigenvalue weighted by Gasteiger charge is 2.42. The van der Waals surface area contributed by atoms with Gasteiger partial charge in [0.1, 0.15) is 0 Å². The van der Waals surface area contributed by atoms with Crippen LogP contribution in [0.2, 0.25) is 0 Å². The molecule has 1 aliphatic rings. The molecule has 22 heavy (non-hydrogen) atoms. The van der Waals surface area contributed by atoms with Crippen molar-refractivity contribution in [2.75, 3.05) is 5.32 Å². The third kappa shape index (κ3) is 2.98. The Balaban J connectivity index is 2.47. The van der Waals surface area contributed by atoms with E-state index in [2.05, 4.69) is 5.32 Å². The van der Waals surface area contributed by atoms with Crippen molar-refractivity contribution in [1.82, 2.24) is 0 Å². The van der Waals surface area contributed by atoms with Crippen LogP contribution >= 0.6 is 0 Å². The van der Waals surface area contributed by atoms with Crippen LogP contribution in [-0.4, -0.2) is 18.0 Å². The molecule has 0 aliphatic carbocycles. The van der Waals surface area contributed by atoms with Gasteiger partial charge in [0.2, 0.25) is 5.91 Å². The van der Waals surface area contributed by atoms with Crippen LogP contribution in [-0.2, 0) is 22.2 Å². The zero-order valence-corrected chi connectivity index (χ0v) is 12.5. The number of carbonyl (C=O) groups is 1. The topological polar surface area (TPSA) is 58.6 Å². The second-order valence-corrected chi connectivity index (χ2v) is 5.91. The largest absolute Gasteiger partial charge is 0.491 e. The summed E-state index contributed by atoms with van der Waals surface area (Å²) in [6.07, 6.45) is -4.16. The van der Waals surface area contributed by atoms with Gasteiger partial charge in [-0.2, -0.15) is 13.2 Å². The standard InChI is InChI=1S/C14H17BF3NO3/c1-4-13(2,3)12(20)19-10-6-5-9-8(7-22-15(9)21)11(10)14(16,17)18/h5-6,21H,4,7H2,1-3H3,(H,19,20). The molecular formula is C14H17BF3NO3. The summed E-state index contributed by atoms with van der Waals surface area (Å²) < 4.78 is 45.0. The van der Waals surface area contributed by atoms with E-state index >= 15 is 0 Å². The number of hydrogen-bond acceptors (Lipinski definition) is 3. The molecule has 8 heteroatoms. The highest BCUT2D eigenvalue weighted by molar-refractivity contribution is 6.61. The van der Waals surface area contributed by atoms with Crippen LogP contribution in [0.5, 0.6) is 0 Å². The van der Waals surface area contributed by atoms with Crippen LogP contribution in [0.25, 0.3) is 0 Å². The minimum Gasteiger partial charge on any atom is -0.423 e. The summed E-state index contributed by atoms with van der Waals surface area (Å²) in [6, 6.07) is 2.50. The summed E-state index contributed by atoms with van der Waals surface area (Å²) in [5, 5.41) is 11.9. The minimum atomic E-state index is -4.66. The van der Waals surface area contributed by atoms with Gasteiger partial charge in [-0.3, -0.25) is 4.79 Å². The Labute approximate surface area is 126 Å². The number of alkyl halides is 3. The van der Waals surface area contributed by atoms with Crippen LogP contribution in [0.1, 0.15) is 38.3 Å². The Kier molecular flexibility index (Phi) is 4.27. The van der Waals surface area contributed by atoms with Crippen LogP contribution in [0, 0.1) is 5.41 Å². The molecule has 0 spiro atoms. The number of hydrogen-bond donors (Lipinski definition) is 2. The minimum absolute atomic E-state index is 0.0834. The summed E-state index contributed by atoms with van der Waals surface area (Å²) in [7, 11) is -1.37. The number of anilines is 1. The molecule has 0 atom stereocenters. The van der Waals surface area contributed by atoms with E-state index in [-0.39, 0.29) is 23.3 Å². The van der Waals surface area contributed by atoms with Crippen molar-refractivity contribution >= 4 is 24.2 Å². The molecule has 1 aromatic carbocycles. The van der Waals surface area contributed by atoms with Crippen molar-refractivity contribution in [2.45, 2.75) is 40.0 Å². The molecule has 0 radical (unpaired) electrons. The lowest BCUT2D eigenvalue weighted by Crippen LogP contribution is -2.33. The fourth-order valence-corrected chi connectivity index (χ4v) is 2.18. The Morgan fingerprint density at radius 2 is 2.05 bits per heavy atom. The third-order valence-electron chi connectivity index (χ3n) is 4.03. The maximum absolute atomic E-state index is 13.4. The molecule has 1 heterocycles. The van der Waals surface area contributed by atoms with Gasteiger partial charge in [0.25, 0.3) is 0 Å². The van der Waals surface area contributed by atoms with E-state index in [4.69, 9.17) is 4.65 Å². The van der Waals surface area contributed by atoms with E-state index in [0.717, 1.165) is 6.07 Å². The first kappa shape index (κ1) is 16.8. The van der Waals surface area contributed by atoms with E-state index in [1.54, 1.807) is 20.8 Å². The van der Waals surface area contributed by atoms with Crippen LogP contribution in [0.15, 0.2) is 12.1 Å². The second kappa shape index (κ2) is 5.59. The number of halogens is 3. The van der Waals surface area contributed by atoms with Crippen LogP contribution in [0.4, 0.5) is 18.9 Å². The average Bonchev–Trinajstić information content (AvgIpc) is 2.78. The summed E-state index contributed by atoms with van der Waals surface area (Å²) in [6.45, 7) is 4.77. The van der Waals surface area contributed by atoms with Crippen molar-refractivity contribution in [3.8, 4) is 0 Å². The molecule has 1 aromatic rings.